The van der Waals surface area contributed by atoms with Crippen LogP contribution >= 0.6 is 11.8 Å². The Kier molecular flexibility index (Phi) is 4.68. The zero-order valence-corrected chi connectivity index (χ0v) is 8.97. The van der Waals surface area contributed by atoms with Crippen LogP contribution in [0.4, 0.5) is 5.82 Å². The van der Waals surface area contributed by atoms with Crippen molar-refractivity contribution in [2.75, 3.05) is 17.3 Å². The van der Waals surface area contributed by atoms with Crippen molar-refractivity contribution in [3.05, 3.63) is 24.4 Å². The van der Waals surface area contributed by atoms with Gasteiger partial charge < -0.3 is 5.32 Å². The third-order valence-electron chi connectivity index (χ3n) is 1.88. The van der Waals surface area contributed by atoms with E-state index < -0.39 is 0 Å². The summed E-state index contributed by atoms with van der Waals surface area (Å²) in [6.45, 7) is 2.19. The normalized spacial score (nSPS) is 12.5. The molecule has 13 heavy (non-hydrogen) atoms. The topological polar surface area (TPSA) is 24.9 Å². The standard InChI is InChI=1S/C10H16N2S/c1-3-9(8-13-2)12-10-6-4-5-7-11-10/h4-7,9H,3,8H2,1-2H3,(H,11,12). The van der Waals surface area contributed by atoms with Crippen molar-refractivity contribution in [3.8, 4) is 0 Å². The van der Waals surface area contributed by atoms with Gasteiger partial charge in [0.05, 0.1) is 0 Å². The maximum Gasteiger partial charge on any atom is 0.126 e. The van der Waals surface area contributed by atoms with Gasteiger partial charge in [-0.1, -0.05) is 13.0 Å². The lowest BCUT2D eigenvalue weighted by atomic mass is 10.2. The summed E-state index contributed by atoms with van der Waals surface area (Å²) in [5, 5.41) is 3.40. The third-order valence-corrected chi connectivity index (χ3v) is 2.61. The lowest BCUT2D eigenvalue weighted by Gasteiger charge is -2.15. The SMILES string of the molecule is CCC(CSC)Nc1ccccn1. The van der Waals surface area contributed by atoms with Crippen molar-refractivity contribution in [1.82, 2.24) is 4.98 Å². The lowest BCUT2D eigenvalue weighted by molar-refractivity contribution is 0.770. The zero-order valence-electron chi connectivity index (χ0n) is 8.16. The first-order chi connectivity index (χ1) is 6.36. The van der Waals surface area contributed by atoms with Crippen LogP contribution in [0.2, 0.25) is 0 Å². The van der Waals surface area contributed by atoms with E-state index in [1.165, 1.54) is 0 Å². The molecule has 0 amide bonds. The summed E-state index contributed by atoms with van der Waals surface area (Å²) in [6, 6.07) is 6.47. The van der Waals surface area contributed by atoms with Crippen LogP contribution in [-0.4, -0.2) is 23.0 Å². The van der Waals surface area contributed by atoms with Crippen molar-refractivity contribution in [1.29, 1.82) is 0 Å². The van der Waals surface area contributed by atoms with Gasteiger partial charge in [-0.05, 0) is 24.8 Å². The average Bonchev–Trinajstić information content (AvgIpc) is 2.19. The van der Waals surface area contributed by atoms with Gasteiger partial charge in [0.2, 0.25) is 0 Å². The average molecular weight is 196 g/mol. The second-order valence-electron chi connectivity index (χ2n) is 2.92. The van der Waals surface area contributed by atoms with Gasteiger partial charge in [-0.2, -0.15) is 11.8 Å². The highest BCUT2D eigenvalue weighted by atomic mass is 32.2. The van der Waals surface area contributed by atoms with E-state index in [1.807, 2.05) is 36.2 Å². The molecule has 0 saturated carbocycles. The fourth-order valence-corrected chi connectivity index (χ4v) is 1.84. The Labute approximate surface area is 84.1 Å². The van der Waals surface area contributed by atoms with E-state index in [2.05, 4.69) is 23.5 Å². The Morgan fingerprint density at radius 3 is 2.92 bits per heavy atom. The van der Waals surface area contributed by atoms with Crippen LogP contribution in [0.3, 0.4) is 0 Å². The van der Waals surface area contributed by atoms with Gasteiger partial charge in [0, 0.05) is 18.0 Å². The minimum Gasteiger partial charge on any atom is -0.367 e. The van der Waals surface area contributed by atoms with Crippen molar-refractivity contribution in [2.45, 2.75) is 19.4 Å². The number of nitrogens with one attached hydrogen (secondary N) is 1. The largest absolute Gasteiger partial charge is 0.367 e. The van der Waals surface area contributed by atoms with Crippen molar-refractivity contribution >= 4 is 17.6 Å². The minimum atomic E-state index is 0.532. The molecule has 1 N–H and O–H groups in total. The molecule has 3 heteroatoms. The first-order valence-electron chi connectivity index (χ1n) is 4.53. The highest BCUT2D eigenvalue weighted by Gasteiger charge is 2.04. The molecule has 1 aromatic heterocycles. The van der Waals surface area contributed by atoms with Gasteiger partial charge in [-0.15, -0.1) is 0 Å². The predicted molar refractivity (Wildman–Crippen MR) is 60.3 cm³/mol. The summed E-state index contributed by atoms with van der Waals surface area (Å²) in [5.74, 6) is 2.11. The third kappa shape index (κ3) is 3.68. The Morgan fingerprint density at radius 1 is 1.54 bits per heavy atom. The quantitative estimate of drug-likeness (QED) is 0.783. The van der Waals surface area contributed by atoms with Gasteiger partial charge in [0.1, 0.15) is 5.82 Å². The molecule has 0 aromatic carbocycles. The second-order valence-corrected chi connectivity index (χ2v) is 3.83. The van der Waals surface area contributed by atoms with Crippen LogP contribution in [0, 0.1) is 0 Å². The maximum absolute atomic E-state index is 4.23. The molecule has 72 valence electrons. The van der Waals surface area contributed by atoms with Crippen LogP contribution in [0.5, 0.6) is 0 Å². The second kappa shape index (κ2) is 5.86. The summed E-state index contributed by atoms with van der Waals surface area (Å²) >= 11 is 1.86. The number of hydrogen-bond acceptors (Lipinski definition) is 3. The first-order valence-corrected chi connectivity index (χ1v) is 5.92. The van der Waals surface area contributed by atoms with E-state index in [1.54, 1.807) is 0 Å². The molecule has 1 unspecified atom stereocenters. The highest BCUT2D eigenvalue weighted by molar-refractivity contribution is 7.98. The predicted octanol–water partition coefficient (Wildman–Crippen LogP) is 2.64. The van der Waals surface area contributed by atoms with Crippen LogP contribution in [-0.2, 0) is 0 Å². The zero-order chi connectivity index (χ0) is 9.52. The molecular formula is C10H16N2S. The van der Waals surface area contributed by atoms with E-state index in [-0.39, 0.29) is 0 Å². The number of aromatic nitrogens is 1. The fourth-order valence-electron chi connectivity index (χ4n) is 1.12. The number of anilines is 1. The Morgan fingerprint density at radius 2 is 2.38 bits per heavy atom. The molecule has 0 aliphatic rings. The van der Waals surface area contributed by atoms with Crippen molar-refractivity contribution < 1.29 is 0 Å². The monoisotopic (exact) mass is 196 g/mol. The van der Waals surface area contributed by atoms with Crippen LogP contribution in [0.1, 0.15) is 13.3 Å². The highest BCUT2D eigenvalue weighted by Crippen LogP contribution is 2.08. The Bertz CT molecular complexity index is 226. The number of rotatable bonds is 5. The van der Waals surface area contributed by atoms with Crippen molar-refractivity contribution in [2.24, 2.45) is 0 Å². The summed E-state index contributed by atoms with van der Waals surface area (Å²) in [6.07, 6.45) is 5.08. The van der Waals surface area contributed by atoms with Gasteiger partial charge in [0.15, 0.2) is 0 Å². The van der Waals surface area contributed by atoms with E-state index in [0.29, 0.717) is 6.04 Å². The number of hydrogen-bond donors (Lipinski definition) is 1. The molecule has 1 heterocycles. The molecule has 0 aliphatic carbocycles. The summed E-state index contributed by atoms with van der Waals surface area (Å²) in [4.78, 5) is 4.23. The van der Waals surface area contributed by atoms with Crippen LogP contribution < -0.4 is 5.32 Å². The first kappa shape index (κ1) is 10.4. The smallest absolute Gasteiger partial charge is 0.126 e. The molecular weight excluding hydrogens is 180 g/mol. The molecule has 0 spiro atoms. The molecule has 0 saturated heterocycles. The summed E-state index contributed by atoms with van der Waals surface area (Å²) < 4.78 is 0. The van der Waals surface area contributed by atoms with Gasteiger partial charge >= 0.3 is 0 Å². The number of pyridine rings is 1. The molecule has 0 fully saturated rings. The minimum absolute atomic E-state index is 0.532. The van der Waals surface area contributed by atoms with E-state index >= 15 is 0 Å². The van der Waals surface area contributed by atoms with E-state index in [4.69, 9.17) is 0 Å². The maximum atomic E-state index is 4.23. The summed E-state index contributed by atoms with van der Waals surface area (Å²) in [5.41, 5.74) is 0. The fraction of sp³-hybridized carbons (Fsp3) is 0.500. The van der Waals surface area contributed by atoms with Gasteiger partial charge in [-0.25, -0.2) is 4.98 Å². The van der Waals surface area contributed by atoms with Crippen LogP contribution in [0.15, 0.2) is 24.4 Å². The number of nitrogens with zero attached hydrogens (tertiary/aromatic N) is 1. The lowest BCUT2D eigenvalue weighted by Crippen LogP contribution is -2.21. The molecule has 0 radical (unpaired) electrons. The van der Waals surface area contributed by atoms with E-state index in [0.717, 1.165) is 18.0 Å². The Hall–Kier alpha value is -0.700. The molecule has 1 atom stereocenters. The molecule has 1 rings (SSSR count). The molecule has 0 bridgehead atoms. The van der Waals surface area contributed by atoms with Crippen molar-refractivity contribution in [3.63, 3.8) is 0 Å². The summed E-state index contributed by atoms with van der Waals surface area (Å²) in [7, 11) is 0. The van der Waals surface area contributed by atoms with Crippen LogP contribution in [0.25, 0.3) is 0 Å². The van der Waals surface area contributed by atoms with Gasteiger partial charge in [0.25, 0.3) is 0 Å². The molecule has 1 aromatic rings. The van der Waals surface area contributed by atoms with E-state index in [9.17, 15) is 0 Å². The molecule has 2 nitrogen and oxygen atoms in total. The Balaban J connectivity index is 2.46. The molecule has 0 aliphatic heterocycles. The van der Waals surface area contributed by atoms with Gasteiger partial charge in [-0.3, -0.25) is 0 Å². The number of thioether (sulfide) groups is 1.